The van der Waals surface area contributed by atoms with Crippen LogP contribution in [-0.2, 0) is 11.2 Å². The van der Waals surface area contributed by atoms with E-state index in [1.807, 2.05) is 29.2 Å². The predicted octanol–water partition coefficient (Wildman–Crippen LogP) is 1.11. The highest BCUT2D eigenvalue weighted by Gasteiger charge is 2.17. The van der Waals surface area contributed by atoms with E-state index in [4.69, 9.17) is 9.26 Å². The highest BCUT2D eigenvalue weighted by molar-refractivity contribution is 5.76. The second-order valence-electron chi connectivity index (χ2n) is 5.37. The van der Waals surface area contributed by atoms with Crippen LogP contribution in [0.1, 0.15) is 12.3 Å². The monoisotopic (exact) mass is 316 g/mol. The van der Waals surface area contributed by atoms with Crippen LogP contribution in [0.15, 0.2) is 28.8 Å². The van der Waals surface area contributed by atoms with Crippen LogP contribution in [0.5, 0.6) is 5.75 Å². The molecule has 7 heteroatoms. The summed E-state index contributed by atoms with van der Waals surface area (Å²) >= 11 is 0. The zero-order chi connectivity index (χ0) is 16.1. The first kappa shape index (κ1) is 15.5. The van der Waals surface area contributed by atoms with E-state index < -0.39 is 0 Å². The zero-order valence-electron chi connectivity index (χ0n) is 13.1. The fourth-order valence-corrected chi connectivity index (χ4v) is 2.50. The summed E-state index contributed by atoms with van der Waals surface area (Å²) in [6.07, 6.45) is 0.857. The van der Waals surface area contributed by atoms with Gasteiger partial charge in [0.05, 0.1) is 7.11 Å². The molecule has 7 nitrogen and oxygen atoms in total. The van der Waals surface area contributed by atoms with Gasteiger partial charge < -0.3 is 19.5 Å². The maximum absolute atomic E-state index is 12.1. The number of carbonyl (C=O) groups excluding carboxylic acids is 1. The van der Waals surface area contributed by atoms with Gasteiger partial charge in [-0.05, 0) is 24.3 Å². The van der Waals surface area contributed by atoms with Crippen LogP contribution in [0.25, 0.3) is 11.4 Å². The molecule has 0 atom stereocenters. The van der Waals surface area contributed by atoms with Crippen molar-refractivity contribution < 1.29 is 14.1 Å². The van der Waals surface area contributed by atoms with Crippen LogP contribution in [0.3, 0.4) is 0 Å². The number of aromatic nitrogens is 2. The van der Waals surface area contributed by atoms with E-state index in [2.05, 4.69) is 15.5 Å². The van der Waals surface area contributed by atoms with Gasteiger partial charge in [-0.3, -0.25) is 4.79 Å². The standard InChI is InChI=1S/C16H20N4O3/c1-22-13-4-2-12(3-5-13)16-18-14(23-19-16)6-7-15(21)20-10-8-17-9-11-20/h2-5,17H,6-11H2,1H3. The maximum atomic E-state index is 12.1. The van der Waals surface area contributed by atoms with Gasteiger partial charge in [-0.15, -0.1) is 0 Å². The maximum Gasteiger partial charge on any atom is 0.227 e. The topological polar surface area (TPSA) is 80.5 Å². The Bertz CT molecular complexity index is 648. The number of piperazine rings is 1. The lowest BCUT2D eigenvalue weighted by Gasteiger charge is -2.27. The number of amides is 1. The number of carbonyl (C=O) groups is 1. The van der Waals surface area contributed by atoms with E-state index in [9.17, 15) is 4.79 Å². The van der Waals surface area contributed by atoms with Crippen molar-refractivity contribution in [2.75, 3.05) is 33.3 Å². The Morgan fingerprint density at radius 3 is 2.74 bits per heavy atom. The molecule has 1 fully saturated rings. The van der Waals surface area contributed by atoms with E-state index >= 15 is 0 Å². The van der Waals surface area contributed by atoms with Crippen molar-refractivity contribution in [1.29, 1.82) is 0 Å². The van der Waals surface area contributed by atoms with Crippen molar-refractivity contribution in [3.8, 4) is 17.1 Å². The van der Waals surface area contributed by atoms with E-state index in [0.717, 1.165) is 37.5 Å². The molecule has 1 N–H and O–H groups in total. The SMILES string of the molecule is COc1ccc(-c2noc(CCC(=O)N3CCNCC3)n2)cc1. The van der Waals surface area contributed by atoms with Crippen LogP contribution >= 0.6 is 0 Å². The summed E-state index contributed by atoms with van der Waals surface area (Å²) in [4.78, 5) is 18.3. The van der Waals surface area contributed by atoms with Gasteiger partial charge in [-0.25, -0.2) is 0 Å². The third-order valence-electron chi connectivity index (χ3n) is 3.84. The lowest BCUT2D eigenvalue weighted by atomic mass is 10.2. The molecular weight excluding hydrogens is 296 g/mol. The molecule has 0 unspecified atom stereocenters. The molecular formula is C16H20N4O3. The molecule has 1 aromatic carbocycles. The second kappa shape index (κ2) is 7.23. The summed E-state index contributed by atoms with van der Waals surface area (Å²) in [5.74, 6) is 1.92. The molecule has 1 saturated heterocycles. The Balaban J connectivity index is 1.57. The quantitative estimate of drug-likeness (QED) is 0.890. The second-order valence-corrected chi connectivity index (χ2v) is 5.37. The summed E-state index contributed by atoms with van der Waals surface area (Å²) in [6.45, 7) is 3.24. The molecule has 2 heterocycles. The van der Waals surface area contributed by atoms with Gasteiger partial charge in [0.1, 0.15) is 5.75 Å². The van der Waals surface area contributed by atoms with Crippen LogP contribution in [0.2, 0.25) is 0 Å². The average Bonchev–Trinajstić information content (AvgIpc) is 3.09. The number of hydrogen-bond donors (Lipinski definition) is 1. The minimum atomic E-state index is 0.135. The molecule has 0 bridgehead atoms. The third-order valence-corrected chi connectivity index (χ3v) is 3.84. The molecule has 23 heavy (non-hydrogen) atoms. The third kappa shape index (κ3) is 3.87. The molecule has 0 saturated carbocycles. The molecule has 1 aliphatic heterocycles. The molecule has 0 radical (unpaired) electrons. The van der Waals surface area contributed by atoms with Crippen molar-refractivity contribution in [3.63, 3.8) is 0 Å². The lowest BCUT2D eigenvalue weighted by Crippen LogP contribution is -2.46. The van der Waals surface area contributed by atoms with Crippen LogP contribution in [0.4, 0.5) is 0 Å². The van der Waals surface area contributed by atoms with E-state index in [0.29, 0.717) is 24.6 Å². The van der Waals surface area contributed by atoms with Gasteiger partial charge in [0.2, 0.25) is 17.6 Å². The highest BCUT2D eigenvalue weighted by Crippen LogP contribution is 2.20. The van der Waals surface area contributed by atoms with E-state index in [1.165, 1.54) is 0 Å². The minimum absolute atomic E-state index is 0.135. The van der Waals surface area contributed by atoms with Crippen molar-refractivity contribution >= 4 is 5.91 Å². The Labute approximate surface area is 134 Å². The van der Waals surface area contributed by atoms with Gasteiger partial charge in [0, 0.05) is 44.6 Å². The number of ether oxygens (including phenoxy) is 1. The molecule has 1 amide bonds. The number of rotatable bonds is 5. The first-order chi connectivity index (χ1) is 11.3. The van der Waals surface area contributed by atoms with E-state index in [-0.39, 0.29) is 5.91 Å². The number of nitrogens with one attached hydrogen (secondary N) is 1. The fraction of sp³-hybridized carbons (Fsp3) is 0.438. The number of hydrogen-bond acceptors (Lipinski definition) is 6. The molecule has 0 aliphatic carbocycles. The molecule has 0 spiro atoms. The van der Waals surface area contributed by atoms with Gasteiger partial charge in [-0.1, -0.05) is 5.16 Å². The Kier molecular flexibility index (Phi) is 4.87. The van der Waals surface area contributed by atoms with Gasteiger partial charge in [0.15, 0.2) is 0 Å². The van der Waals surface area contributed by atoms with Crippen molar-refractivity contribution in [2.45, 2.75) is 12.8 Å². The Morgan fingerprint density at radius 2 is 2.04 bits per heavy atom. The van der Waals surface area contributed by atoms with Crippen LogP contribution < -0.4 is 10.1 Å². The van der Waals surface area contributed by atoms with Gasteiger partial charge in [-0.2, -0.15) is 4.98 Å². The summed E-state index contributed by atoms with van der Waals surface area (Å²) in [7, 11) is 1.62. The summed E-state index contributed by atoms with van der Waals surface area (Å²) in [5.41, 5.74) is 0.856. The Morgan fingerprint density at radius 1 is 1.30 bits per heavy atom. The largest absolute Gasteiger partial charge is 0.497 e. The summed E-state index contributed by atoms with van der Waals surface area (Å²) in [5, 5.41) is 7.20. The van der Waals surface area contributed by atoms with E-state index in [1.54, 1.807) is 7.11 Å². The van der Waals surface area contributed by atoms with Crippen molar-refractivity contribution in [3.05, 3.63) is 30.2 Å². The number of nitrogens with zero attached hydrogens (tertiary/aromatic N) is 3. The molecule has 1 aliphatic rings. The zero-order valence-corrected chi connectivity index (χ0v) is 13.1. The highest BCUT2D eigenvalue weighted by atomic mass is 16.5. The van der Waals surface area contributed by atoms with Gasteiger partial charge in [0.25, 0.3) is 0 Å². The predicted molar refractivity (Wildman–Crippen MR) is 84.1 cm³/mol. The normalized spacial score (nSPS) is 14.7. The molecule has 1 aromatic heterocycles. The van der Waals surface area contributed by atoms with Crippen LogP contribution in [-0.4, -0.2) is 54.2 Å². The smallest absolute Gasteiger partial charge is 0.227 e. The Hall–Kier alpha value is -2.41. The van der Waals surface area contributed by atoms with Crippen molar-refractivity contribution in [1.82, 2.24) is 20.4 Å². The summed E-state index contributed by atoms with van der Waals surface area (Å²) in [6, 6.07) is 7.44. The lowest BCUT2D eigenvalue weighted by molar-refractivity contribution is -0.131. The summed E-state index contributed by atoms with van der Waals surface area (Å²) < 4.78 is 10.4. The number of aryl methyl sites for hydroxylation is 1. The molecule has 3 rings (SSSR count). The number of benzene rings is 1. The molecule has 2 aromatic rings. The average molecular weight is 316 g/mol. The van der Waals surface area contributed by atoms with Crippen LogP contribution in [0, 0.1) is 0 Å². The fourth-order valence-electron chi connectivity index (χ4n) is 2.50. The molecule has 122 valence electrons. The van der Waals surface area contributed by atoms with Crippen molar-refractivity contribution in [2.24, 2.45) is 0 Å². The number of methoxy groups -OCH3 is 1. The minimum Gasteiger partial charge on any atom is -0.497 e. The first-order valence-corrected chi connectivity index (χ1v) is 7.72. The van der Waals surface area contributed by atoms with Gasteiger partial charge >= 0.3 is 0 Å². The first-order valence-electron chi connectivity index (χ1n) is 7.72.